The zero-order chi connectivity index (χ0) is 18.9. The van der Waals surface area contributed by atoms with Crippen LogP contribution in [0.25, 0.3) is 32.8 Å². The summed E-state index contributed by atoms with van der Waals surface area (Å²) < 4.78 is 7.18. The topological polar surface area (TPSA) is 39.9 Å². The van der Waals surface area contributed by atoms with Gasteiger partial charge in [0.1, 0.15) is 5.75 Å². The van der Waals surface area contributed by atoms with Crippen molar-refractivity contribution in [1.82, 2.24) is 15.0 Å². The highest BCUT2D eigenvalue weighted by Crippen LogP contribution is 2.30. The summed E-state index contributed by atoms with van der Waals surface area (Å²) in [6.07, 6.45) is 1.83. The second-order valence-electron chi connectivity index (χ2n) is 6.85. The Morgan fingerprint density at radius 2 is 1.57 bits per heavy atom. The SMILES string of the molecule is COc1ccc(Cn2nncc2-c2ccc3ccc4ccccc4c3c2)cc1. The molecule has 5 aromatic rings. The van der Waals surface area contributed by atoms with Crippen LogP contribution in [-0.4, -0.2) is 22.1 Å². The molecule has 0 saturated heterocycles. The Balaban J connectivity index is 1.57. The molecule has 136 valence electrons. The third kappa shape index (κ3) is 2.89. The molecule has 0 amide bonds. The standard InChI is InChI=1S/C24H19N3O/c1-28-21-12-6-17(7-13-21)16-27-24(15-25-26-27)20-11-10-19-9-8-18-4-2-3-5-22(18)23(19)14-20/h2-15H,16H2,1H3. The van der Waals surface area contributed by atoms with E-state index in [0.717, 1.165) is 22.6 Å². The normalized spacial score (nSPS) is 11.2. The van der Waals surface area contributed by atoms with Gasteiger partial charge in [-0.3, -0.25) is 0 Å². The van der Waals surface area contributed by atoms with Crippen molar-refractivity contribution in [2.24, 2.45) is 0 Å². The smallest absolute Gasteiger partial charge is 0.118 e. The van der Waals surface area contributed by atoms with Gasteiger partial charge in [-0.15, -0.1) is 5.10 Å². The maximum absolute atomic E-state index is 5.24. The molecule has 1 aromatic heterocycles. The van der Waals surface area contributed by atoms with Crippen molar-refractivity contribution in [2.45, 2.75) is 6.54 Å². The van der Waals surface area contributed by atoms with E-state index in [2.05, 4.69) is 77.0 Å². The molecule has 5 rings (SSSR count). The second kappa shape index (κ2) is 6.82. The molecule has 0 N–H and O–H groups in total. The van der Waals surface area contributed by atoms with E-state index in [0.29, 0.717) is 6.54 Å². The number of benzene rings is 4. The fraction of sp³-hybridized carbons (Fsp3) is 0.0833. The zero-order valence-corrected chi connectivity index (χ0v) is 15.5. The number of methoxy groups -OCH3 is 1. The summed E-state index contributed by atoms with van der Waals surface area (Å²) >= 11 is 0. The van der Waals surface area contributed by atoms with Crippen LogP contribution in [0.5, 0.6) is 5.75 Å². The minimum absolute atomic E-state index is 0.660. The summed E-state index contributed by atoms with van der Waals surface area (Å²) in [4.78, 5) is 0. The summed E-state index contributed by atoms with van der Waals surface area (Å²) in [6.45, 7) is 0.660. The van der Waals surface area contributed by atoms with E-state index in [4.69, 9.17) is 4.74 Å². The first-order chi connectivity index (χ1) is 13.8. The van der Waals surface area contributed by atoms with Gasteiger partial charge in [-0.05, 0) is 45.3 Å². The molecule has 4 nitrogen and oxygen atoms in total. The second-order valence-corrected chi connectivity index (χ2v) is 6.85. The van der Waals surface area contributed by atoms with Crippen molar-refractivity contribution >= 4 is 21.5 Å². The molecule has 0 aliphatic rings. The Hall–Kier alpha value is -3.66. The van der Waals surface area contributed by atoms with Crippen molar-refractivity contribution in [3.05, 3.63) is 90.6 Å². The first kappa shape index (κ1) is 16.5. The van der Waals surface area contributed by atoms with Crippen LogP contribution in [0, 0.1) is 0 Å². The Kier molecular flexibility index (Phi) is 4.02. The predicted octanol–water partition coefficient (Wildman–Crippen LogP) is 5.31. The van der Waals surface area contributed by atoms with Gasteiger partial charge in [0.15, 0.2) is 0 Å². The molecule has 0 aliphatic heterocycles. The fourth-order valence-corrected chi connectivity index (χ4v) is 3.66. The Morgan fingerprint density at radius 3 is 2.39 bits per heavy atom. The lowest BCUT2D eigenvalue weighted by Gasteiger charge is -2.09. The van der Waals surface area contributed by atoms with Crippen molar-refractivity contribution in [3.63, 3.8) is 0 Å². The van der Waals surface area contributed by atoms with E-state index >= 15 is 0 Å². The molecule has 1 heterocycles. The highest BCUT2D eigenvalue weighted by atomic mass is 16.5. The highest BCUT2D eigenvalue weighted by molar-refractivity contribution is 6.08. The molecular formula is C24H19N3O. The van der Waals surface area contributed by atoms with Gasteiger partial charge in [-0.2, -0.15) is 0 Å². The number of rotatable bonds is 4. The predicted molar refractivity (Wildman–Crippen MR) is 113 cm³/mol. The van der Waals surface area contributed by atoms with Gasteiger partial charge in [0.25, 0.3) is 0 Å². The van der Waals surface area contributed by atoms with Crippen LogP contribution in [0.15, 0.2) is 85.1 Å². The number of ether oxygens (including phenoxy) is 1. The van der Waals surface area contributed by atoms with Crippen LogP contribution in [0.1, 0.15) is 5.56 Å². The third-order valence-corrected chi connectivity index (χ3v) is 5.15. The lowest BCUT2D eigenvalue weighted by molar-refractivity contribution is 0.414. The average Bonchev–Trinajstić information content (AvgIpc) is 3.22. The summed E-state index contributed by atoms with van der Waals surface area (Å²) in [5.74, 6) is 0.851. The van der Waals surface area contributed by atoms with Crippen LogP contribution in [0.2, 0.25) is 0 Å². The molecule has 0 atom stereocenters. The van der Waals surface area contributed by atoms with Crippen molar-refractivity contribution < 1.29 is 4.74 Å². The Bertz CT molecular complexity index is 1270. The minimum Gasteiger partial charge on any atom is -0.497 e. The first-order valence-electron chi connectivity index (χ1n) is 9.25. The number of hydrogen-bond donors (Lipinski definition) is 0. The largest absolute Gasteiger partial charge is 0.497 e. The van der Waals surface area contributed by atoms with Gasteiger partial charge in [0.2, 0.25) is 0 Å². The quantitative estimate of drug-likeness (QED) is 0.405. The molecule has 0 radical (unpaired) electrons. The molecule has 0 bridgehead atoms. The summed E-state index contributed by atoms with van der Waals surface area (Å²) in [5, 5.41) is 13.5. The van der Waals surface area contributed by atoms with Crippen LogP contribution in [0.3, 0.4) is 0 Å². The molecule has 0 saturated carbocycles. The number of aromatic nitrogens is 3. The summed E-state index contributed by atoms with van der Waals surface area (Å²) in [7, 11) is 1.67. The van der Waals surface area contributed by atoms with E-state index in [-0.39, 0.29) is 0 Å². The van der Waals surface area contributed by atoms with Gasteiger partial charge < -0.3 is 4.74 Å². The van der Waals surface area contributed by atoms with E-state index in [1.807, 2.05) is 23.0 Å². The Labute approximate surface area is 163 Å². The van der Waals surface area contributed by atoms with Crippen molar-refractivity contribution in [2.75, 3.05) is 7.11 Å². The van der Waals surface area contributed by atoms with E-state index in [9.17, 15) is 0 Å². The highest BCUT2D eigenvalue weighted by Gasteiger charge is 2.10. The maximum atomic E-state index is 5.24. The monoisotopic (exact) mass is 365 g/mol. The van der Waals surface area contributed by atoms with Crippen LogP contribution >= 0.6 is 0 Å². The lowest BCUT2D eigenvalue weighted by atomic mass is 9.99. The van der Waals surface area contributed by atoms with E-state index in [1.54, 1.807) is 7.11 Å². The zero-order valence-electron chi connectivity index (χ0n) is 15.5. The van der Waals surface area contributed by atoms with Crippen LogP contribution < -0.4 is 4.74 Å². The van der Waals surface area contributed by atoms with Gasteiger partial charge >= 0.3 is 0 Å². The fourth-order valence-electron chi connectivity index (χ4n) is 3.66. The molecule has 0 spiro atoms. The van der Waals surface area contributed by atoms with Crippen molar-refractivity contribution in [1.29, 1.82) is 0 Å². The third-order valence-electron chi connectivity index (χ3n) is 5.15. The molecule has 0 aliphatic carbocycles. The molecule has 4 aromatic carbocycles. The van der Waals surface area contributed by atoms with E-state index < -0.39 is 0 Å². The number of fused-ring (bicyclic) bond motifs is 3. The van der Waals surface area contributed by atoms with Crippen LogP contribution in [-0.2, 0) is 6.54 Å². The first-order valence-corrected chi connectivity index (χ1v) is 9.25. The number of hydrogen-bond acceptors (Lipinski definition) is 3. The summed E-state index contributed by atoms with van der Waals surface area (Å²) in [5.41, 5.74) is 3.27. The Morgan fingerprint density at radius 1 is 0.821 bits per heavy atom. The maximum Gasteiger partial charge on any atom is 0.118 e. The van der Waals surface area contributed by atoms with Crippen LogP contribution in [0.4, 0.5) is 0 Å². The van der Waals surface area contributed by atoms with Gasteiger partial charge in [0.05, 0.1) is 25.5 Å². The average molecular weight is 365 g/mol. The van der Waals surface area contributed by atoms with Gasteiger partial charge in [-0.1, -0.05) is 65.9 Å². The van der Waals surface area contributed by atoms with E-state index in [1.165, 1.54) is 21.5 Å². The molecule has 28 heavy (non-hydrogen) atoms. The molecular weight excluding hydrogens is 346 g/mol. The number of nitrogens with zero attached hydrogens (tertiary/aromatic N) is 3. The molecule has 0 fully saturated rings. The van der Waals surface area contributed by atoms with Crippen molar-refractivity contribution in [3.8, 4) is 17.0 Å². The summed E-state index contributed by atoms with van der Waals surface area (Å²) in [6, 6.07) is 27.4. The minimum atomic E-state index is 0.660. The van der Waals surface area contributed by atoms with Gasteiger partial charge in [0, 0.05) is 5.56 Å². The molecule has 0 unspecified atom stereocenters. The molecule has 4 heteroatoms. The van der Waals surface area contributed by atoms with Gasteiger partial charge in [-0.25, -0.2) is 4.68 Å². The lowest BCUT2D eigenvalue weighted by Crippen LogP contribution is -2.04.